The van der Waals surface area contributed by atoms with E-state index in [0.29, 0.717) is 36.4 Å². The third kappa shape index (κ3) is 2.52. The third-order valence-corrected chi connectivity index (χ3v) is 4.45. The second kappa shape index (κ2) is 5.44. The number of nitrogens with one attached hydrogen (secondary N) is 2. The molecule has 1 aromatic rings. The lowest BCUT2D eigenvalue weighted by molar-refractivity contribution is 0.0957. The smallest absolute Gasteiger partial charge is 0.255 e. The summed E-state index contributed by atoms with van der Waals surface area (Å²) in [4.78, 5) is 12.1. The van der Waals surface area contributed by atoms with Gasteiger partial charge in [0, 0.05) is 6.04 Å². The summed E-state index contributed by atoms with van der Waals surface area (Å²) in [7, 11) is 1.99. The second-order valence-electron chi connectivity index (χ2n) is 5.82. The Labute approximate surface area is 119 Å². The van der Waals surface area contributed by atoms with Crippen LogP contribution >= 0.6 is 0 Å². The first kappa shape index (κ1) is 13.4. The van der Waals surface area contributed by atoms with Crippen LogP contribution in [0.15, 0.2) is 18.2 Å². The van der Waals surface area contributed by atoms with E-state index in [4.69, 9.17) is 4.74 Å². The highest BCUT2D eigenvalue weighted by molar-refractivity contribution is 5.97. The molecule has 0 spiro atoms. The topological polar surface area (TPSA) is 50.4 Å². The maximum atomic E-state index is 12.1. The van der Waals surface area contributed by atoms with Gasteiger partial charge >= 0.3 is 0 Å². The first-order chi connectivity index (χ1) is 9.70. The summed E-state index contributed by atoms with van der Waals surface area (Å²) in [5.41, 5.74) is 1.83. The van der Waals surface area contributed by atoms with Gasteiger partial charge < -0.3 is 15.4 Å². The predicted molar refractivity (Wildman–Crippen MR) is 78.0 cm³/mol. The molecule has 2 aliphatic rings. The standard InChI is InChI=1S/C16H22N2O2/c1-10(11-3-4-11)15(17-2)12-5-6-14-13(9-12)16(19)18-7-8-20-14/h5-6,9-11,15,17H,3-4,7-8H2,1-2H3,(H,18,19). The zero-order valence-corrected chi connectivity index (χ0v) is 12.1. The third-order valence-electron chi connectivity index (χ3n) is 4.45. The number of rotatable bonds is 4. The molecule has 2 unspecified atom stereocenters. The molecule has 1 aliphatic carbocycles. The molecule has 0 saturated heterocycles. The minimum Gasteiger partial charge on any atom is -0.491 e. The molecule has 3 rings (SSSR count). The average Bonchev–Trinajstić information content (AvgIpc) is 3.29. The highest BCUT2D eigenvalue weighted by Gasteiger charge is 2.33. The van der Waals surface area contributed by atoms with E-state index < -0.39 is 0 Å². The summed E-state index contributed by atoms with van der Waals surface area (Å²) in [6.45, 7) is 3.39. The van der Waals surface area contributed by atoms with Gasteiger partial charge in [0.15, 0.2) is 0 Å². The van der Waals surface area contributed by atoms with Crippen molar-refractivity contribution in [3.8, 4) is 5.75 Å². The Hall–Kier alpha value is -1.55. The van der Waals surface area contributed by atoms with E-state index in [2.05, 4.69) is 23.6 Å². The molecule has 2 N–H and O–H groups in total. The van der Waals surface area contributed by atoms with Gasteiger partial charge in [0.25, 0.3) is 5.91 Å². The average molecular weight is 274 g/mol. The van der Waals surface area contributed by atoms with E-state index in [1.165, 1.54) is 18.4 Å². The van der Waals surface area contributed by atoms with Crippen LogP contribution in [0, 0.1) is 11.8 Å². The van der Waals surface area contributed by atoms with Crippen molar-refractivity contribution < 1.29 is 9.53 Å². The largest absolute Gasteiger partial charge is 0.491 e. The summed E-state index contributed by atoms with van der Waals surface area (Å²) >= 11 is 0. The van der Waals surface area contributed by atoms with Gasteiger partial charge in [0.05, 0.1) is 12.1 Å². The van der Waals surface area contributed by atoms with Crippen LogP contribution in [0.4, 0.5) is 0 Å². The summed E-state index contributed by atoms with van der Waals surface area (Å²) < 4.78 is 5.60. The lowest BCUT2D eigenvalue weighted by Crippen LogP contribution is -2.26. The van der Waals surface area contributed by atoms with Crippen molar-refractivity contribution in [2.24, 2.45) is 11.8 Å². The molecule has 2 atom stereocenters. The van der Waals surface area contributed by atoms with Crippen molar-refractivity contribution in [3.05, 3.63) is 29.3 Å². The Balaban J connectivity index is 1.91. The van der Waals surface area contributed by atoms with Crippen LogP contribution in [-0.4, -0.2) is 26.1 Å². The van der Waals surface area contributed by atoms with Crippen LogP contribution in [0.5, 0.6) is 5.75 Å². The van der Waals surface area contributed by atoms with Gasteiger partial charge in [-0.3, -0.25) is 4.79 Å². The van der Waals surface area contributed by atoms with Gasteiger partial charge in [-0.15, -0.1) is 0 Å². The highest BCUT2D eigenvalue weighted by atomic mass is 16.5. The molecule has 1 heterocycles. The van der Waals surface area contributed by atoms with E-state index >= 15 is 0 Å². The van der Waals surface area contributed by atoms with Gasteiger partial charge in [-0.25, -0.2) is 0 Å². The number of hydrogen-bond acceptors (Lipinski definition) is 3. The van der Waals surface area contributed by atoms with Crippen molar-refractivity contribution in [2.75, 3.05) is 20.2 Å². The minimum absolute atomic E-state index is 0.0340. The molecule has 0 radical (unpaired) electrons. The number of hydrogen-bond donors (Lipinski definition) is 2. The van der Waals surface area contributed by atoms with E-state index in [-0.39, 0.29) is 5.91 Å². The summed E-state index contributed by atoms with van der Waals surface area (Å²) in [6, 6.07) is 6.29. The van der Waals surface area contributed by atoms with Crippen molar-refractivity contribution in [1.82, 2.24) is 10.6 Å². The number of ether oxygens (including phenoxy) is 1. The van der Waals surface area contributed by atoms with Gasteiger partial charge in [0.2, 0.25) is 0 Å². The van der Waals surface area contributed by atoms with E-state index in [9.17, 15) is 4.79 Å². The molecule has 0 bridgehead atoms. The first-order valence-electron chi connectivity index (χ1n) is 7.43. The Morgan fingerprint density at radius 3 is 2.90 bits per heavy atom. The van der Waals surface area contributed by atoms with E-state index in [0.717, 1.165) is 5.92 Å². The van der Waals surface area contributed by atoms with Gasteiger partial charge in [-0.1, -0.05) is 13.0 Å². The monoisotopic (exact) mass is 274 g/mol. The van der Waals surface area contributed by atoms with Crippen molar-refractivity contribution in [2.45, 2.75) is 25.8 Å². The SMILES string of the molecule is CNC(c1ccc2c(c1)C(=O)NCCO2)C(C)C1CC1. The molecule has 1 fully saturated rings. The maximum Gasteiger partial charge on any atom is 0.255 e. The number of benzene rings is 1. The summed E-state index contributed by atoms with van der Waals surface area (Å²) in [5.74, 6) is 2.06. The normalized spacial score (nSPS) is 21.2. The molecule has 108 valence electrons. The fourth-order valence-corrected chi connectivity index (χ4v) is 3.09. The van der Waals surface area contributed by atoms with Gasteiger partial charge in [-0.2, -0.15) is 0 Å². The molecule has 1 amide bonds. The molecular formula is C16H22N2O2. The predicted octanol–water partition coefficient (Wildman–Crippen LogP) is 2.12. The van der Waals surface area contributed by atoms with Crippen LogP contribution < -0.4 is 15.4 Å². The quantitative estimate of drug-likeness (QED) is 0.884. The Kier molecular flexibility index (Phi) is 3.66. The molecule has 1 aromatic carbocycles. The molecule has 4 nitrogen and oxygen atoms in total. The summed E-state index contributed by atoms with van der Waals surface area (Å²) in [6.07, 6.45) is 2.65. The molecule has 1 saturated carbocycles. The lowest BCUT2D eigenvalue weighted by atomic mass is 9.89. The van der Waals surface area contributed by atoms with Crippen molar-refractivity contribution >= 4 is 5.91 Å². The number of carbonyl (C=O) groups excluding carboxylic acids is 1. The summed E-state index contributed by atoms with van der Waals surface area (Å²) in [5, 5.41) is 6.27. The van der Waals surface area contributed by atoms with Crippen LogP contribution in [-0.2, 0) is 0 Å². The number of amides is 1. The fraction of sp³-hybridized carbons (Fsp3) is 0.562. The van der Waals surface area contributed by atoms with Crippen molar-refractivity contribution in [1.29, 1.82) is 0 Å². The van der Waals surface area contributed by atoms with Crippen LogP contribution in [0.3, 0.4) is 0 Å². The lowest BCUT2D eigenvalue weighted by Gasteiger charge is -2.24. The van der Waals surface area contributed by atoms with E-state index in [1.807, 2.05) is 19.2 Å². The zero-order chi connectivity index (χ0) is 14.1. The highest BCUT2D eigenvalue weighted by Crippen LogP contribution is 2.43. The van der Waals surface area contributed by atoms with Crippen LogP contribution in [0.2, 0.25) is 0 Å². The molecule has 0 aromatic heterocycles. The van der Waals surface area contributed by atoms with E-state index in [1.54, 1.807) is 0 Å². The second-order valence-corrected chi connectivity index (χ2v) is 5.82. The van der Waals surface area contributed by atoms with Gasteiger partial charge in [-0.05, 0) is 49.4 Å². The minimum atomic E-state index is -0.0340. The number of fused-ring (bicyclic) bond motifs is 1. The molecular weight excluding hydrogens is 252 g/mol. The van der Waals surface area contributed by atoms with Crippen LogP contribution in [0.1, 0.15) is 41.7 Å². The Morgan fingerprint density at radius 1 is 1.40 bits per heavy atom. The molecule has 20 heavy (non-hydrogen) atoms. The molecule has 4 heteroatoms. The Morgan fingerprint density at radius 2 is 2.20 bits per heavy atom. The Bertz CT molecular complexity index is 511. The molecule has 1 aliphatic heterocycles. The zero-order valence-electron chi connectivity index (χ0n) is 12.1. The van der Waals surface area contributed by atoms with Crippen molar-refractivity contribution in [3.63, 3.8) is 0 Å². The van der Waals surface area contributed by atoms with Crippen LogP contribution in [0.25, 0.3) is 0 Å². The van der Waals surface area contributed by atoms with Gasteiger partial charge in [0.1, 0.15) is 12.4 Å². The first-order valence-corrected chi connectivity index (χ1v) is 7.43. The number of carbonyl (C=O) groups is 1. The fourth-order valence-electron chi connectivity index (χ4n) is 3.09. The maximum absolute atomic E-state index is 12.1.